The van der Waals surface area contributed by atoms with Crippen molar-refractivity contribution in [1.29, 1.82) is 0 Å². The molecule has 0 heterocycles. The molecule has 0 spiro atoms. The summed E-state index contributed by atoms with van der Waals surface area (Å²) < 4.78 is 11.1. The van der Waals surface area contributed by atoms with E-state index in [0.29, 0.717) is 23.1 Å². The van der Waals surface area contributed by atoms with Gasteiger partial charge in [-0.2, -0.15) is 0 Å². The lowest BCUT2D eigenvalue weighted by Gasteiger charge is -2.14. The van der Waals surface area contributed by atoms with E-state index >= 15 is 0 Å². The molecule has 0 saturated carbocycles. The predicted octanol–water partition coefficient (Wildman–Crippen LogP) is 4.16. The lowest BCUT2D eigenvalue weighted by atomic mass is 10.3. The average Bonchev–Trinajstić information content (AvgIpc) is 2.58. The molecule has 0 aliphatic carbocycles. The van der Waals surface area contributed by atoms with Gasteiger partial charge in [-0.1, -0.05) is 11.6 Å². The third-order valence-electron chi connectivity index (χ3n) is 3.06. The van der Waals surface area contributed by atoms with Crippen LogP contribution in [-0.4, -0.2) is 31.5 Å². The summed E-state index contributed by atoms with van der Waals surface area (Å²) in [6.07, 6.45) is 1.61. The van der Waals surface area contributed by atoms with Gasteiger partial charge in [0.05, 0.1) is 6.61 Å². The van der Waals surface area contributed by atoms with Gasteiger partial charge in [0.15, 0.2) is 0 Å². The van der Waals surface area contributed by atoms with Crippen LogP contribution in [-0.2, 0) is 4.79 Å². The molecule has 0 radical (unpaired) electrons. The number of carbonyl (C=O) groups excluding carboxylic acids is 1. The molecule has 1 amide bonds. The van der Waals surface area contributed by atoms with Crippen molar-refractivity contribution in [3.63, 3.8) is 0 Å². The van der Waals surface area contributed by atoms with Crippen LogP contribution < -0.4 is 14.8 Å². The number of benzene rings is 2. The SMILES string of the molecule is CCOc1ccc(NC(=O)/C(=C/N(C)C)Oc2ccc(Cl)cc2)cc1. The van der Waals surface area contributed by atoms with E-state index in [9.17, 15) is 4.79 Å². The number of nitrogens with one attached hydrogen (secondary N) is 1. The fraction of sp³-hybridized carbons (Fsp3) is 0.211. The third-order valence-corrected chi connectivity index (χ3v) is 3.32. The van der Waals surface area contributed by atoms with E-state index in [1.165, 1.54) is 0 Å². The quantitative estimate of drug-likeness (QED) is 0.595. The van der Waals surface area contributed by atoms with Crippen LogP contribution >= 0.6 is 11.6 Å². The average molecular weight is 361 g/mol. The van der Waals surface area contributed by atoms with Crippen molar-refractivity contribution in [2.75, 3.05) is 26.0 Å². The van der Waals surface area contributed by atoms with Gasteiger partial charge >= 0.3 is 0 Å². The van der Waals surface area contributed by atoms with Gasteiger partial charge in [0.2, 0.25) is 5.76 Å². The van der Waals surface area contributed by atoms with Crippen molar-refractivity contribution in [2.45, 2.75) is 6.92 Å². The van der Waals surface area contributed by atoms with Gasteiger partial charge < -0.3 is 19.7 Å². The topological polar surface area (TPSA) is 50.8 Å². The van der Waals surface area contributed by atoms with E-state index < -0.39 is 0 Å². The minimum absolute atomic E-state index is 0.168. The number of hydrogen-bond acceptors (Lipinski definition) is 4. The Hall–Kier alpha value is -2.66. The molecule has 2 rings (SSSR count). The summed E-state index contributed by atoms with van der Waals surface area (Å²) in [6.45, 7) is 2.51. The fourth-order valence-electron chi connectivity index (χ4n) is 1.99. The highest BCUT2D eigenvalue weighted by Gasteiger charge is 2.13. The third kappa shape index (κ3) is 6.04. The van der Waals surface area contributed by atoms with Crippen molar-refractivity contribution in [1.82, 2.24) is 4.90 Å². The summed E-state index contributed by atoms with van der Waals surface area (Å²) in [7, 11) is 3.63. The Bertz CT molecular complexity index is 725. The Morgan fingerprint density at radius 3 is 2.24 bits per heavy atom. The van der Waals surface area contributed by atoms with E-state index in [0.717, 1.165) is 5.75 Å². The first-order chi connectivity index (χ1) is 12.0. The summed E-state index contributed by atoms with van der Waals surface area (Å²) >= 11 is 5.87. The predicted molar refractivity (Wildman–Crippen MR) is 100 cm³/mol. The molecule has 0 aliphatic rings. The standard InChI is InChI=1S/C19H21ClN2O3/c1-4-24-16-11-7-15(8-12-16)21-19(23)18(13-22(2)3)25-17-9-5-14(20)6-10-17/h5-13H,4H2,1-3H3,(H,21,23)/b18-13-. The van der Waals surface area contributed by atoms with Gasteiger partial charge in [0.1, 0.15) is 11.5 Å². The van der Waals surface area contributed by atoms with Crippen LogP contribution in [0.25, 0.3) is 0 Å². The number of carbonyl (C=O) groups is 1. The first-order valence-corrected chi connectivity index (χ1v) is 8.21. The van der Waals surface area contributed by atoms with Crippen molar-refractivity contribution < 1.29 is 14.3 Å². The van der Waals surface area contributed by atoms with E-state index in [4.69, 9.17) is 21.1 Å². The maximum atomic E-state index is 12.5. The number of anilines is 1. The molecule has 0 aromatic heterocycles. The molecule has 0 fully saturated rings. The monoisotopic (exact) mass is 360 g/mol. The van der Waals surface area contributed by atoms with Gasteiger partial charge in [0, 0.05) is 31.0 Å². The summed E-state index contributed by atoms with van der Waals surface area (Å²) in [5.74, 6) is 1.09. The molecule has 0 bridgehead atoms. The maximum Gasteiger partial charge on any atom is 0.292 e. The summed E-state index contributed by atoms with van der Waals surface area (Å²) in [5, 5.41) is 3.41. The lowest BCUT2D eigenvalue weighted by Crippen LogP contribution is -2.20. The Labute approximate surface area is 152 Å². The second-order valence-electron chi connectivity index (χ2n) is 5.42. The van der Waals surface area contributed by atoms with Crippen molar-refractivity contribution in [2.24, 2.45) is 0 Å². The Kier molecular flexibility index (Phi) is 6.71. The summed E-state index contributed by atoms with van der Waals surface area (Å²) in [4.78, 5) is 14.3. The van der Waals surface area contributed by atoms with Gasteiger partial charge in [-0.3, -0.25) is 4.79 Å². The lowest BCUT2D eigenvalue weighted by molar-refractivity contribution is -0.114. The van der Waals surface area contributed by atoms with Crippen LogP contribution in [0.1, 0.15) is 6.92 Å². The molecule has 6 heteroatoms. The van der Waals surface area contributed by atoms with E-state index in [1.54, 1.807) is 59.6 Å². The molecule has 2 aromatic rings. The highest BCUT2D eigenvalue weighted by atomic mass is 35.5. The Morgan fingerprint density at radius 2 is 1.68 bits per heavy atom. The zero-order chi connectivity index (χ0) is 18.2. The number of hydrogen-bond donors (Lipinski definition) is 1. The van der Waals surface area contributed by atoms with Gasteiger partial charge in [0.25, 0.3) is 5.91 Å². The van der Waals surface area contributed by atoms with E-state index in [-0.39, 0.29) is 11.7 Å². The number of amides is 1. The fourth-order valence-corrected chi connectivity index (χ4v) is 2.12. The van der Waals surface area contributed by atoms with E-state index in [1.807, 2.05) is 21.0 Å². The molecule has 5 nitrogen and oxygen atoms in total. The molecule has 2 aromatic carbocycles. The van der Waals surface area contributed by atoms with Crippen molar-refractivity contribution >= 4 is 23.2 Å². The van der Waals surface area contributed by atoms with Gasteiger partial charge in [-0.05, 0) is 55.5 Å². The minimum Gasteiger partial charge on any atom is -0.494 e. The number of nitrogens with zero attached hydrogens (tertiary/aromatic N) is 1. The normalized spacial score (nSPS) is 11.0. The second-order valence-corrected chi connectivity index (χ2v) is 5.86. The molecule has 25 heavy (non-hydrogen) atoms. The molecular formula is C19H21ClN2O3. The Balaban J connectivity index is 2.11. The molecule has 132 valence electrons. The largest absolute Gasteiger partial charge is 0.494 e. The van der Waals surface area contributed by atoms with Crippen LogP contribution in [0.3, 0.4) is 0 Å². The van der Waals surface area contributed by atoms with Gasteiger partial charge in [-0.15, -0.1) is 0 Å². The second kappa shape index (κ2) is 8.99. The number of ether oxygens (including phenoxy) is 2. The van der Waals surface area contributed by atoms with Crippen LogP contribution in [0.4, 0.5) is 5.69 Å². The Morgan fingerprint density at radius 1 is 1.08 bits per heavy atom. The summed E-state index contributed by atoms with van der Waals surface area (Å²) in [6, 6.07) is 14.0. The van der Waals surface area contributed by atoms with Crippen LogP contribution in [0.15, 0.2) is 60.5 Å². The first kappa shape index (κ1) is 18.7. The van der Waals surface area contributed by atoms with Crippen LogP contribution in [0.5, 0.6) is 11.5 Å². The maximum absolute atomic E-state index is 12.5. The zero-order valence-electron chi connectivity index (χ0n) is 14.5. The molecule has 0 atom stereocenters. The zero-order valence-corrected chi connectivity index (χ0v) is 15.2. The molecular weight excluding hydrogens is 340 g/mol. The first-order valence-electron chi connectivity index (χ1n) is 7.84. The highest BCUT2D eigenvalue weighted by Crippen LogP contribution is 2.20. The minimum atomic E-state index is -0.354. The van der Waals surface area contributed by atoms with Crippen LogP contribution in [0.2, 0.25) is 5.02 Å². The summed E-state index contributed by atoms with van der Waals surface area (Å²) in [5.41, 5.74) is 0.651. The molecule has 0 saturated heterocycles. The molecule has 0 aliphatic heterocycles. The number of rotatable bonds is 7. The molecule has 0 unspecified atom stereocenters. The smallest absolute Gasteiger partial charge is 0.292 e. The van der Waals surface area contributed by atoms with E-state index in [2.05, 4.69) is 5.32 Å². The van der Waals surface area contributed by atoms with Crippen molar-refractivity contribution in [3.8, 4) is 11.5 Å². The van der Waals surface area contributed by atoms with Crippen LogP contribution in [0, 0.1) is 0 Å². The highest BCUT2D eigenvalue weighted by molar-refractivity contribution is 6.30. The number of halogens is 1. The molecule has 1 N–H and O–H groups in total. The van der Waals surface area contributed by atoms with Crippen molar-refractivity contribution in [3.05, 3.63) is 65.5 Å². The van der Waals surface area contributed by atoms with Gasteiger partial charge in [-0.25, -0.2) is 0 Å².